The maximum atomic E-state index is 11.9. The maximum absolute atomic E-state index is 11.9. The summed E-state index contributed by atoms with van der Waals surface area (Å²) in [5, 5.41) is 4.09. The molecule has 3 N–H and O–H groups in total. The van der Waals surface area contributed by atoms with Crippen LogP contribution in [0.1, 0.15) is 12.5 Å². The highest BCUT2D eigenvalue weighted by molar-refractivity contribution is 5.99. The summed E-state index contributed by atoms with van der Waals surface area (Å²) in [5.41, 5.74) is 12.6. The first-order valence-corrected chi connectivity index (χ1v) is 8.59. The average molecular weight is 359 g/mol. The molecule has 3 aromatic rings. The van der Waals surface area contributed by atoms with Crippen LogP contribution in [0.25, 0.3) is 11.1 Å². The molecule has 0 unspecified atom stereocenters. The summed E-state index contributed by atoms with van der Waals surface area (Å²) in [7, 11) is 0. The molecule has 0 radical (unpaired) electrons. The molecular weight excluding hydrogens is 338 g/mol. The van der Waals surface area contributed by atoms with Crippen LogP contribution >= 0.6 is 0 Å². The minimum Gasteiger partial charge on any atom is -0.484 e. The number of hydrogen-bond donors (Lipinski definition) is 2. The number of carbonyl (C=O) groups is 1. The van der Waals surface area contributed by atoms with E-state index < -0.39 is 0 Å². The Labute approximate surface area is 158 Å². The van der Waals surface area contributed by atoms with Crippen molar-refractivity contribution in [2.24, 2.45) is 5.10 Å². The quantitative estimate of drug-likeness (QED) is 0.399. The van der Waals surface area contributed by atoms with Crippen molar-refractivity contribution in [1.29, 1.82) is 0 Å². The van der Waals surface area contributed by atoms with Crippen LogP contribution in [0.4, 0.5) is 5.69 Å². The number of hydrogen-bond acceptors (Lipinski definition) is 4. The van der Waals surface area contributed by atoms with E-state index in [0.29, 0.717) is 17.1 Å². The SMILES string of the molecule is C/C(=N\NC(=O)COc1ccc(-c2ccccc2)cc1)c1ccc(N)cc1. The van der Waals surface area contributed by atoms with Gasteiger partial charge in [0.25, 0.3) is 5.91 Å². The molecule has 27 heavy (non-hydrogen) atoms. The second-order valence-electron chi connectivity index (χ2n) is 6.03. The lowest BCUT2D eigenvalue weighted by atomic mass is 10.1. The fourth-order valence-corrected chi connectivity index (χ4v) is 2.49. The molecule has 0 aliphatic carbocycles. The molecule has 0 aromatic heterocycles. The van der Waals surface area contributed by atoms with Crippen LogP contribution < -0.4 is 15.9 Å². The van der Waals surface area contributed by atoms with Gasteiger partial charge in [0.05, 0.1) is 5.71 Å². The Morgan fingerprint density at radius 3 is 2.22 bits per heavy atom. The number of ether oxygens (including phenoxy) is 1. The molecule has 0 aliphatic rings. The monoisotopic (exact) mass is 359 g/mol. The van der Waals surface area contributed by atoms with Crippen LogP contribution in [-0.2, 0) is 4.79 Å². The number of rotatable bonds is 6. The Hall–Kier alpha value is -3.60. The minimum absolute atomic E-state index is 0.108. The highest BCUT2D eigenvalue weighted by Gasteiger charge is 2.04. The van der Waals surface area contributed by atoms with Crippen molar-refractivity contribution in [3.63, 3.8) is 0 Å². The van der Waals surface area contributed by atoms with Crippen molar-refractivity contribution < 1.29 is 9.53 Å². The molecule has 136 valence electrons. The highest BCUT2D eigenvalue weighted by Crippen LogP contribution is 2.21. The molecule has 5 heteroatoms. The number of nitrogens with zero attached hydrogens (tertiary/aromatic N) is 1. The van der Waals surface area contributed by atoms with Crippen molar-refractivity contribution in [3.8, 4) is 16.9 Å². The molecule has 0 bridgehead atoms. The van der Waals surface area contributed by atoms with Crippen molar-refractivity contribution in [1.82, 2.24) is 5.43 Å². The standard InChI is InChI=1S/C22H21N3O2/c1-16(17-7-11-20(23)12-8-17)24-25-22(26)15-27-21-13-9-19(10-14-21)18-5-3-2-4-6-18/h2-14H,15,23H2,1H3,(H,25,26)/b24-16+. The van der Waals surface area contributed by atoms with E-state index in [4.69, 9.17) is 10.5 Å². The molecule has 3 aromatic carbocycles. The summed E-state index contributed by atoms with van der Waals surface area (Å²) in [6.07, 6.45) is 0. The number of anilines is 1. The Balaban J connectivity index is 1.51. The number of nitrogens with one attached hydrogen (secondary N) is 1. The molecule has 5 nitrogen and oxygen atoms in total. The normalized spacial score (nSPS) is 11.1. The fourth-order valence-electron chi connectivity index (χ4n) is 2.49. The molecule has 1 amide bonds. The Morgan fingerprint density at radius 2 is 1.56 bits per heavy atom. The number of nitrogen functional groups attached to an aromatic ring is 1. The molecule has 0 spiro atoms. The van der Waals surface area contributed by atoms with E-state index in [2.05, 4.69) is 10.5 Å². The number of carbonyl (C=O) groups excluding carboxylic acids is 1. The molecule has 0 saturated carbocycles. The largest absolute Gasteiger partial charge is 0.484 e. The molecular formula is C22H21N3O2. The van der Waals surface area contributed by atoms with Gasteiger partial charge in [-0.1, -0.05) is 54.6 Å². The van der Waals surface area contributed by atoms with E-state index in [-0.39, 0.29) is 12.5 Å². The smallest absolute Gasteiger partial charge is 0.277 e. The van der Waals surface area contributed by atoms with Crippen LogP contribution in [0.15, 0.2) is 84.0 Å². The van der Waals surface area contributed by atoms with Crippen LogP contribution in [0.5, 0.6) is 5.75 Å². The maximum Gasteiger partial charge on any atom is 0.277 e. The third-order valence-electron chi connectivity index (χ3n) is 4.01. The number of hydrazone groups is 1. The van der Waals surface area contributed by atoms with Crippen LogP contribution in [0.3, 0.4) is 0 Å². The highest BCUT2D eigenvalue weighted by atomic mass is 16.5. The first-order chi connectivity index (χ1) is 13.1. The first kappa shape index (κ1) is 18.2. The second kappa shape index (κ2) is 8.67. The summed E-state index contributed by atoms with van der Waals surface area (Å²) >= 11 is 0. The van der Waals surface area contributed by atoms with E-state index in [0.717, 1.165) is 16.7 Å². The van der Waals surface area contributed by atoms with Gasteiger partial charge in [-0.15, -0.1) is 0 Å². The lowest BCUT2D eigenvalue weighted by Gasteiger charge is -2.07. The molecule has 0 saturated heterocycles. The lowest BCUT2D eigenvalue weighted by Crippen LogP contribution is -2.25. The fraction of sp³-hybridized carbons (Fsp3) is 0.0909. The van der Waals surface area contributed by atoms with E-state index >= 15 is 0 Å². The van der Waals surface area contributed by atoms with Crippen molar-refractivity contribution in [2.75, 3.05) is 12.3 Å². The van der Waals surface area contributed by atoms with Gasteiger partial charge in [0, 0.05) is 5.69 Å². The van der Waals surface area contributed by atoms with Gasteiger partial charge in [-0.2, -0.15) is 5.10 Å². The zero-order valence-corrected chi connectivity index (χ0v) is 15.1. The van der Waals surface area contributed by atoms with Crippen molar-refractivity contribution in [3.05, 3.63) is 84.4 Å². The molecule has 0 heterocycles. The zero-order chi connectivity index (χ0) is 19.1. The molecule has 0 aliphatic heterocycles. The summed E-state index contributed by atoms with van der Waals surface area (Å²) in [6.45, 7) is 1.71. The van der Waals surface area contributed by atoms with E-state index in [1.54, 1.807) is 12.1 Å². The number of nitrogens with two attached hydrogens (primary N) is 1. The summed E-state index contributed by atoms with van der Waals surface area (Å²) in [5.74, 6) is 0.306. The molecule has 0 atom stereocenters. The minimum atomic E-state index is -0.322. The first-order valence-electron chi connectivity index (χ1n) is 8.59. The van der Waals surface area contributed by atoms with Gasteiger partial charge in [-0.3, -0.25) is 4.79 Å². The van der Waals surface area contributed by atoms with Gasteiger partial charge in [0.15, 0.2) is 6.61 Å². The van der Waals surface area contributed by atoms with E-state index in [1.807, 2.05) is 73.7 Å². The molecule has 3 rings (SSSR count). The zero-order valence-electron chi connectivity index (χ0n) is 15.1. The van der Waals surface area contributed by atoms with Crippen molar-refractivity contribution >= 4 is 17.3 Å². The number of amides is 1. The van der Waals surface area contributed by atoms with Gasteiger partial charge < -0.3 is 10.5 Å². The van der Waals surface area contributed by atoms with Crippen LogP contribution in [-0.4, -0.2) is 18.2 Å². The topological polar surface area (TPSA) is 76.7 Å². The van der Waals surface area contributed by atoms with Crippen LogP contribution in [0, 0.1) is 0 Å². The van der Waals surface area contributed by atoms with E-state index in [9.17, 15) is 4.79 Å². The third kappa shape index (κ3) is 5.19. The van der Waals surface area contributed by atoms with Gasteiger partial charge in [0.2, 0.25) is 0 Å². The molecule has 0 fully saturated rings. The summed E-state index contributed by atoms with van der Waals surface area (Å²) in [4.78, 5) is 11.9. The lowest BCUT2D eigenvalue weighted by molar-refractivity contribution is -0.123. The predicted octanol–water partition coefficient (Wildman–Crippen LogP) is 3.86. The number of benzene rings is 3. The van der Waals surface area contributed by atoms with E-state index in [1.165, 1.54) is 0 Å². The predicted molar refractivity (Wildman–Crippen MR) is 109 cm³/mol. The van der Waals surface area contributed by atoms with Gasteiger partial charge in [0.1, 0.15) is 5.75 Å². The van der Waals surface area contributed by atoms with Crippen molar-refractivity contribution in [2.45, 2.75) is 6.92 Å². The van der Waals surface area contributed by atoms with Gasteiger partial charge in [-0.05, 0) is 47.9 Å². The second-order valence-corrected chi connectivity index (χ2v) is 6.03. The Bertz CT molecular complexity index is 918. The summed E-state index contributed by atoms with van der Waals surface area (Å²) in [6, 6.07) is 25.0. The van der Waals surface area contributed by atoms with Gasteiger partial charge in [-0.25, -0.2) is 5.43 Å². The third-order valence-corrected chi connectivity index (χ3v) is 4.01. The Kier molecular flexibility index (Phi) is 5.84. The van der Waals surface area contributed by atoms with Gasteiger partial charge >= 0.3 is 0 Å². The average Bonchev–Trinajstić information content (AvgIpc) is 2.72. The Morgan fingerprint density at radius 1 is 0.926 bits per heavy atom. The van der Waals surface area contributed by atoms with Crippen LogP contribution in [0.2, 0.25) is 0 Å². The summed E-state index contributed by atoms with van der Waals surface area (Å²) < 4.78 is 5.51.